The molecule has 4 nitrogen and oxygen atoms in total. The highest BCUT2D eigenvalue weighted by Crippen LogP contribution is 2.22. The lowest BCUT2D eigenvalue weighted by Gasteiger charge is -2.37. The molecule has 1 saturated heterocycles. The van der Waals surface area contributed by atoms with Crippen LogP contribution in [-0.4, -0.2) is 35.6 Å². The summed E-state index contributed by atoms with van der Waals surface area (Å²) in [7, 11) is 0. The molecule has 2 rings (SSSR count). The summed E-state index contributed by atoms with van der Waals surface area (Å²) < 4.78 is 0. The van der Waals surface area contributed by atoms with Gasteiger partial charge in [0.05, 0.1) is 0 Å². The summed E-state index contributed by atoms with van der Waals surface area (Å²) >= 11 is 0. The van der Waals surface area contributed by atoms with Crippen LogP contribution in [0.25, 0.3) is 0 Å². The molecule has 4 heteroatoms. The van der Waals surface area contributed by atoms with Crippen molar-refractivity contribution in [1.82, 2.24) is 15.3 Å². The van der Waals surface area contributed by atoms with Crippen LogP contribution >= 0.6 is 0 Å². The van der Waals surface area contributed by atoms with Crippen LogP contribution in [0.2, 0.25) is 0 Å². The molecule has 0 aliphatic carbocycles. The molecule has 0 spiro atoms. The first-order valence-electron chi connectivity index (χ1n) is 7.07. The van der Waals surface area contributed by atoms with Crippen molar-refractivity contribution in [1.29, 1.82) is 0 Å². The summed E-state index contributed by atoms with van der Waals surface area (Å²) in [5.74, 6) is 1.09. The maximum Gasteiger partial charge on any atom is 0.132 e. The average molecular weight is 248 g/mol. The summed E-state index contributed by atoms with van der Waals surface area (Å²) in [4.78, 5) is 11.1. The molecule has 0 saturated carbocycles. The predicted octanol–water partition coefficient (Wildman–Crippen LogP) is 2.14. The fourth-order valence-corrected chi connectivity index (χ4v) is 2.56. The fourth-order valence-electron chi connectivity index (χ4n) is 2.56. The third-order valence-corrected chi connectivity index (χ3v) is 3.52. The topological polar surface area (TPSA) is 41.0 Å². The van der Waals surface area contributed by atoms with E-state index in [4.69, 9.17) is 0 Å². The van der Waals surface area contributed by atoms with Gasteiger partial charge in [-0.15, -0.1) is 0 Å². The van der Waals surface area contributed by atoms with Gasteiger partial charge in [0.15, 0.2) is 0 Å². The first-order chi connectivity index (χ1) is 8.81. The zero-order chi connectivity index (χ0) is 12.8. The van der Waals surface area contributed by atoms with Gasteiger partial charge in [0.1, 0.15) is 12.1 Å². The van der Waals surface area contributed by atoms with Crippen LogP contribution in [0.4, 0.5) is 5.82 Å². The molecule has 1 aliphatic heterocycles. The standard InChI is InChI=1S/C14H24N4/c1-3-7-15-10-13-6-4-5-8-18(13)14-9-12(2)16-11-17-14/h9,11,13,15H,3-8,10H2,1-2H3. The lowest BCUT2D eigenvalue weighted by molar-refractivity contribution is 0.432. The van der Waals surface area contributed by atoms with Gasteiger partial charge < -0.3 is 10.2 Å². The Labute approximate surface area is 110 Å². The normalized spacial score (nSPS) is 20.1. The minimum Gasteiger partial charge on any atom is -0.352 e. The van der Waals surface area contributed by atoms with E-state index in [1.807, 2.05) is 6.92 Å². The SMILES string of the molecule is CCCNCC1CCCCN1c1cc(C)ncn1. The molecule has 0 aromatic carbocycles. The van der Waals surface area contributed by atoms with Crippen LogP contribution in [0.5, 0.6) is 0 Å². The van der Waals surface area contributed by atoms with Crippen molar-refractivity contribution in [3.63, 3.8) is 0 Å². The smallest absolute Gasteiger partial charge is 0.132 e. The van der Waals surface area contributed by atoms with E-state index in [1.165, 1.54) is 25.7 Å². The highest BCUT2D eigenvalue weighted by Gasteiger charge is 2.23. The first-order valence-corrected chi connectivity index (χ1v) is 7.07. The van der Waals surface area contributed by atoms with Crippen molar-refractivity contribution in [2.24, 2.45) is 0 Å². The average Bonchev–Trinajstić information content (AvgIpc) is 2.40. The van der Waals surface area contributed by atoms with Gasteiger partial charge in [0, 0.05) is 30.9 Å². The van der Waals surface area contributed by atoms with Gasteiger partial charge in [-0.1, -0.05) is 6.92 Å². The summed E-state index contributed by atoms with van der Waals surface area (Å²) in [6.45, 7) is 7.53. The minimum atomic E-state index is 0.583. The number of nitrogens with one attached hydrogen (secondary N) is 1. The number of hydrogen-bond acceptors (Lipinski definition) is 4. The quantitative estimate of drug-likeness (QED) is 0.811. The van der Waals surface area contributed by atoms with Gasteiger partial charge in [-0.3, -0.25) is 0 Å². The predicted molar refractivity (Wildman–Crippen MR) is 74.9 cm³/mol. The van der Waals surface area contributed by atoms with Crippen LogP contribution in [-0.2, 0) is 0 Å². The van der Waals surface area contributed by atoms with Gasteiger partial charge in [-0.2, -0.15) is 0 Å². The number of aromatic nitrogens is 2. The van der Waals surface area contributed by atoms with Crippen molar-refractivity contribution < 1.29 is 0 Å². The summed E-state index contributed by atoms with van der Waals surface area (Å²) in [5.41, 5.74) is 1.05. The summed E-state index contributed by atoms with van der Waals surface area (Å²) in [5, 5.41) is 3.53. The van der Waals surface area contributed by atoms with Crippen molar-refractivity contribution in [2.45, 2.75) is 45.6 Å². The van der Waals surface area contributed by atoms with Gasteiger partial charge in [-0.25, -0.2) is 9.97 Å². The largest absolute Gasteiger partial charge is 0.352 e. The summed E-state index contributed by atoms with van der Waals surface area (Å²) in [6, 6.07) is 2.68. The Morgan fingerprint density at radius 2 is 2.28 bits per heavy atom. The Kier molecular flexibility index (Phi) is 4.93. The number of hydrogen-bond donors (Lipinski definition) is 1. The zero-order valence-electron chi connectivity index (χ0n) is 11.5. The number of rotatable bonds is 5. The van der Waals surface area contributed by atoms with E-state index in [0.29, 0.717) is 6.04 Å². The van der Waals surface area contributed by atoms with Gasteiger partial charge in [0.2, 0.25) is 0 Å². The van der Waals surface area contributed by atoms with Crippen molar-refractivity contribution in [3.05, 3.63) is 18.1 Å². The van der Waals surface area contributed by atoms with Crippen molar-refractivity contribution >= 4 is 5.82 Å². The number of aryl methyl sites for hydroxylation is 1. The second-order valence-electron chi connectivity index (χ2n) is 5.06. The Hall–Kier alpha value is -1.16. The molecule has 0 amide bonds. The molecule has 2 heterocycles. The molecule has 1 atom stereocenters. The maximum atomic E-state index is 4.43. The molecular formula is C14H24N4. The number of anilines is 1. The van der Waals surface area contributed by atoms with Crippen LogP contribution in [0.3, 0.4) is 0 Å². The molecule has 1 unspecified atom stereocenters. The van der Waals surface area contributed by atoms with Gasteiger partial charge >= 0.3 is 0 Å². The van der Waals surface area contributed by atoms with Gasteiger partial charge in [0.25, 0.3) is 0 Å². The Bertz CT molecular complexity index is 367. The van der Waals surface area contributed by atoms with E-state index in [2.05, 4.69) is 33.2 Å². The fraction of sp³-hybridized carbons (Fsp3) is 0.714. The second kappa shape index (κ2) is 6.69. The van der Waals surface area contributed by atoms with Crippen molar-refractivity contribution in [3.8, 4) is 0 Å². The monoisotopic (exact) mass is 248 g/mol. The van der Waals surface area contributed by atoms with E-state index < -0.39 is 0 Å². The molecule has 1 fully saturated rings. The highest BCUT2D eigenvalue weighted by molar-refractivity contribution is 5.40. The third kappa shape index (κ3) is 3.42. The lowest BCUT2D eigenvalue weighted by atomic mass is 10.0. The molecule has 1 aromatic heterocycles. The molecule has 0 bridgehead atoms. The Morgan fingerprint density at radius 3 is 3.06 bits per heavy atom. The summed E-state index contributed by atoms with van der Waals surface area (Å²) in [6.07, 6.45) is 6.74. The lowest BCUT2D eigenvalue weighted by Crippen LogP contribution is -2.46. The van der Waals surface area contributed by atoms with E-state index in [1.54, 1.807) is 6.33 Å². The molecule has 1 aromatic rings. The molecule has 1 aliphatic rings. The number of piperidine rings is 1. The van der Waals surface area contributed by atoms with Crippen LogP contribution < -0.4 is 10.2 Å². The van der Waals surface area contributed by atoms with Gasteiger partial charge in [-0.05, 0) is 39.2 Å². The first kappa shape index (κ1) is 13.3. The van der Waals surface area contributed by atoms with E-state index in [-0.39, 0.29) is 0 Å². The number of nitrogens with zero attached hydrogens (tertiary/aromatic N) is 3. The minimum absolute atomic E-state index is 0.583. The molecular weight excluding hydrogens is 224 g/mol. The van der Waals surface area contributed by atoms with E-state index in [0.717, 1.165) is 31.1 Å². The third-order valence-electron chi connectivity index (χ3n) is 3.52. The van der Waals surface area contributed by atoms with E-state index >= 15 is 0 Å². The highest BCUT2D eigenvalue weighted by atomic mass is 15.2. The Morgan fingerprint density at radius 1 is 1.39 bits per heavy atom. The van der Waals surface area contributed by atoms with Crippen LogP contribution in [0, 0.1) is 6.92 Å². The molecule has 0 radical (unpaired) electrons. The zero-order valence-corrected chi connectivity index (χ0v) is 11.5. The van der Waals surface area contributed by atoms with Crippen molar-refractivity contribution in [2.75, 3.05) is 24.5 Å². The Balaban J connectivity index is 2.03. The molecule has 100 valence electrons. The van der Waals surface area contributed by atoms with E-state index in [9.17, 15) is 0 Å². The molecule has 1 N–H and O–H groups in total. The maximum absolute atomic E-state index is 4.43. The van der Waals surface area contributed by atoms with Crippen LogP contribution in [0.15, 0.2) is 12.4 Å². The van der Waals surface area contributed by atoms with Crippen LogP contribution in [0.1, 0.15) is 38.3 Å². The second-order valence-corrected chi connectivity index (χ2v) is 5.06. The molecule has 18 heavy (non-hydrogen) atoms.